The first-order valence-electron chi connectivity index (χ1n) is 7.58. The number of aryl methyl sites for hydroxylation is 1. The minimum Gasteiger partial charge on any atom is -0.340 e. The second-order valence-electron chi connectivity index (χ2n) is 6.17. The monoisotopic (exact) mass is 329 g/mol. The molecule has 1 atom stereocenters. The summed E-state index contributed by atoms with van der Waals surface area (Å²) in [6.07, 6.45) is 1.66. The Hall–Kier alpha value is -1.44. The third-order valence-electron chi connectivity index (χ3n) is 3.63. The summed E-state index contributed by atoms with van der Waals surface area (Å²) in [5.41, 5.74) is 0. The molecule has 1 aromatic rings. The van der Waals surface area contributed by atoms with Crippen molar-refractivity contribution in [3.05, 3.63) is 11.7 Å². The molecule has 7 nitrogen and oxygen atoms in total. The van der Waals surface area contributed by atoms with Crippen LogP contribution in [0.3, 0.4) is 0 Å². The van der Waals surface area contributed by atoms with Crippen LogP contribution in [0.1, 0.15) is 50.9 Å². The van der Waals surface area contributed by atoms with Gasteiger partial charge in [0.15, 0.2) is 15.7 Å². The van der Waals surface area contributed by atoms with E-state index < -0.39 is 9.84 Å². The lowest BCUT2D eigenvalue weighted by molar-refractivity contribution is -0.131. The van der Waals surface area contributed by atoms with Gasteiger partial charge in [0, 0.05) is 19.9 Å². The molecule has 2 rings (SSSR count). The number of carbonyl (C=O) groups excluding carboxylic acids is 1. The lowest BCUT2D eigenvalue weighted by Gasteiger charge is -2.22. The summed E-state index contributed by atoms with van der Waals surface area (Å²) in [7, 11) is -3.18. The minimum absolute atomic E-state index is 0.0163. The quantitative estimate of drug-likeness (QED) is 0.785. The number of aromatic nitrogens is 2. The molecular weight excluding hydrogens is 306 g/mol. The maximum absolute atomic E-state index is 12.3. The smallest absolute Gasteiger partial charge is 0.224 e. The molecule has 8 heteroatoms. The van der Waals surface area contributed by atoms with Crippen molar-refractivity contribution in [1.29, 1.82) is 0 Å². The topological polar surface area (TPSA) is 93.4 Å². The van der Waals surface area contributed by atoms with Gasteiger partial charge < -0.3 is 9.42 Å². The van der Waals surface area contributed by atoms with E-state index in [4.69, 9.17) is 4.52 Å². The van der Waals surface area contributed by atoms with E-state index in [1.54, 1.807) is 11.8 Å². The maximum atomic E-state index is 12.3. The van der Waals surface area contributed by atoms with Crippen molar-refractivity contribution in [3.8, 4) is 0 Å². The third kappa shape index (κ3) is 4.28. The highest BCUT2D eigenvalue weighted by molar-refractivity contribution is 7.91. The van der Waals surface area contributed by atoms with Gasteiger partial charge in [-0.15, -0.1) is 0 Å². The average molecular weight is 329 g/mol. The summed E-state index contributed by atoms with van der Waals surface area (Å²) in [6.45, 7) is 6.03. The number of rotatable bonds is 6. The van der Waals surface area contributed by atoms with Crippen LogP contribution in [0.2, 0.25) is 0 Å². The van der Waals surface area contributed by atoms with Gasteiger partial charge in [-0.1, -0.05) is 19.0 Å². The summed E-state index contributed by atoms with van der Waals surface area (Å²) >= 11 is 0. The fourth-order valence-electron chi connectivity index (χ4n) is 2.76. The number of hydrogen-bond donors (Lipinski definition) is 0. The van der Waals surface area contributed by atoms with E-state index in [2.05, 4.69) is 10.1 Å². The van der Waals surface area contributed by atoms with Gasteiger partial charge in [0.05, 0.1) is 17.5 Å². The van der Waals surface area contributed by atoms with E-state index in [1.165, 1.54) is 0 Å². The highest BCUT2D eigenvalue weighted by atomic mass is 32.2. The molecule has 1 aliphatic heterocycles. The van der Waals surface area contributed by atoms with Gasteiger partial charge in [0.2, 0.25) is 11.8 Å². The lowest BCUT2D eigenvalue weighted by atomic mass is 10.2. The molecule has 0 aliphatic carbocycles. The molecule has 0 unspecified atom stereocenters. The summed E-state index contributed by atoms with van der Waals surface area (Å²) in [4.78, 5) is 18.2. The Morgan fingerprint density at radius 2 is 2.18 bits per heavy atom. The van der Waals surface area contributed by atoms with Crippen LogP contribution < -0.4 is 0 Å². The Bertz CT molecular complexity index is 624. The number of sulfone groups is 1. The predicted molar refractivity (Wildman–Crippen MR) is 80.8 cm³/mol. The predicted octanol–water partition coefficient (Wildman–Crippen LogP) is 1.50. The fourth-order valence-corrected chi connectivity index (χ4v) is 4.43. The van der Waals surface area contributed by atoms with Gasteiger partial charge in [0.1, 0.15) is 0 Å². The van der Waals surface area contributed by atoms with E-state index in [0.717, 1.165) is 12.8 Å². The highest BCUT2D eigenvalue weighted by Gasteiger charge is 2.33. The first-order chi connectivity index (χ1) is 10.3. The highest BCUT2D eigenvalue weighted by Crippen LogP contribution is 2.30. The molecule has 0 radical (unpaired) electrons. The first kappa shape index (κ1) is 16.9. The van der Waals surface area contributed by atoms with E-state index in [9.17, 15) is 13.2 Å². The maximum Gasteiger partial charge on any atom is 0.224 e. The second-order valence-corrected chi connectivity index (χ2v) is 8.40. The first-order valence-corrected chi connectivity index (χ1v) is 9.41. The Morgan fingerprint density at radius 3 is 2.77 bits per heavy atom. The van der Waals surface area contributed by atoms with Crippen LogP contribution in [-0.4, -0.2) is 47.4 Å². The largest absolute Gasteiger partial charge is 0.340 e. The zero-order chi connectivity index (χ0) is 16.3. The van der Waals surface area contributed by atoms with Crippen molar-refractivity contribution in [1.82, 2.24) is 15.0 Å². The van der Waals surface area contributed by atoms with Crippen molar-refractivity contribution in [2.45, 2.75) is 46.1 Å². The summed E-state index contributed by atoms with van der Waals surface area (Å²) < 4.78 is 28.8. The Labute approximate surface area is 131 Å². The van der Waals surface area contributed by atoms with Gasteiger partial charge in [0.25, 0.3) is 0 Å². The number of nitrogens with zero attached hydrogens (tertiary/aromatic N) is 3. The fraction of sp³-hybridized carbons (Fsp3) is 0.786. The normalized spacial score (nSPS) is 19.1. The van der Waals surface area contributed by atoms with E-state index in [1.807, 2.05) is 13.8 Å². The van der Waals surface area contributed by atoms with E-state index in [-0.39, 0.29) is 35.8 Å². The van der Waals surface area contributed by atoms with Crippen LogP contribution in [0.5, 0.6) is 0 Å². The van der Waals surface area contributed by atoms with Gasteiger partial charge in [-0.25, -0.2) is 8.42 Å². The van der Waals surface area contributed by atoms with Crippen molar-refractivity contribution < 1.29 is 17.7 Å². The molecule has 1 saturated heterocycles. The second kappa shape index (κ2) is 6.76. The van der Waals surface area contributed by atoms with Gasteiger partial charge in [-0.3, -0.25) is 4.79 Å². The molecule has 124 valence electrons. The van der Waals surface area contributed by atoms with Crippen LogP contribution in [0.15, 0.2) is 4.52 Å². The van der Waals surface area contributed by atoms with E-state index in [0.29, 0.717) is 18.3 Å². The minimum atomic E-state index is -3.18. The zero-order valence-corrected chi connectivity index (χ0v) is 14.1. The van der Waals surface area contributed by atoms with Crippen LogP contribution in [-0.2, 0) is 14.6 Å². The Kier molecular flexibility index (Phi) is 5.20. The summed E-state index contributed by atoms with van der Waals surface area (Å²) in [6, 6.07) is -0.197. The molecule has 1 amide bonds. The molecule has 2 heterocycles. The van der Waals surface area contributed by atoms with Crippen LogP contribution in [0.25, 0.3) is 0 Å². The molecule has 0 N–H and O–H groups in total. The van der Waals surface area contributed by atoms with Crippen molar-refractivity contribution in [2.75, 3.05) is 18.1 Å². The standard InChI is InChI=1S/C14H23N3O4S/c1-10(2)9-22(19,20)8-6-13(18)17-7-4-5-12(17)14-15-11(3)21-16-14/h10,12H,4-9H2,1-3H3/t12-/m1/s1. The van der Waals surface area contributed by atoms with Crippen LogP contribution >= 0.6 is 0 Å². The number of likely N-dealkylation sites (tertiary alicyclic amines) is 1. The molecule has 0 saturated carbocycles. The van der Waals surface area contributed by atoms with E-state index >= 15 is 0 Å². The van der Waals surface area contributed by atoms with Crippen molar-refractivity contribution in [2.24, 2.45) is 5.92 Å². The third-order valence-corrected chi connectivity index (χ3v) is 5.63. The zero-order valence-electron chi connectivity index (χ0n) is 13.3. The summed E-state index contributed by atoms with van der Waals surface area (Å²) in [5, 5.41) is 3.88. The Balaban J connectivity index is 1.97. The van der Waals surface area contributed by atoms with Gasteiger partial charge >= 0.3 is 0 Å². The molecule has 22 heavy (non-hydrogen) atoms. The number of amides is 1. The number of hydrogen-bond acceptors (Lipinski definition) is 6. The summed E-state index contributed by atoms with van der Waals surface area (Å²) in [5.74, 6) is 0.910. The molecule has 1 aromatic heterocycles. The Morgan fingerprint density at radius 1 is 1.45 bits per heavy atom. The lowest BCUT2D eigenvalue weighted by Crippen LogP contribution is -2.32. The number of carbonyl (C=O) groups is 1. The molecule has 0 bridgehead atoms. The van der Waals surface area contributed by atoms with Crippen LogP contribution in [0, 0.1) is 12.8 Å². The van der Waals surface area contributed by atoms with Gasteiger partial charge in [-0.05, 0) is 18.8 Å². The molecular formula is C14H23N3O4S. The average Bonchev–Trinajstić information content (AvgIpc) is 3.02. The van der Waals surface area contributed by atoms with Crippen molar-refractivity contribution in [3.63, 3.8) is 0 Å². The van der Waals surface area contributed by atoms with Crippen LogP contribution in [0.4, 0.5) is 0 Å². The molecule has 1 aliphatic rings. The SMILES string of the molecule is Cc1nc([C@H]2CCCN2C(=O)CCS(=O)(=O)CC(C)C)no1. The molecule has 0 spiro atoms. The van der Waals surface area contributed by atoms with Crippen molar-refractivity contribution >= 4 is 15.7 Å². The molecule has 0 aromatic carbocycles. The molecule has 1 fully saturated rings. The van der Waals surface area contributed by atoms with Gasteiger partial charge in [-0.2, -0.15) is 4.98 Å².